The Morgan fingerprint density at radius 1 is 1.77 bits per heavy atom. The lowest BCUT2D eigenvalue weighted by Crippen LogP contribution is -2.07. The molecule has 0 atom stereocenters. The molecular weight excluding hydrogens is 197 g/mol. The maximum Gasteiger partial charge on any atom is 0.341 e. The first-order chi connectivity index (χ1) is 6.16. The van der Waals surface area contributed by atoms with E-state index in [0.717, 1.165) is 0 Å². The molecule has 0 N–H and O–H groups in total. The quantitative estimate of drug-likeness (QED) is 0.546. The fourth-order valence-electron chi connectivity index (χ4n) is 0.785. The number of nitrogens with zero attached hydrogens (tertiary/aromatic N) is 1. The van der Waals surface area contributed by atoms with Crippen molar-refractivity contribution in [3.63, 3.8) is 0 Å². The smallest absolute Gasteiger partial charge is 0.341 e. The van der Waals surface area contributed by atoms with Gasteiger partial charge in [-0.1, -0.05) is 11.6 Å². The van der Waals surface area contributed by atoms with Gasteiger partial charge in [-0.15, -0.1) is 0 Å². The molecule has 13 heavy (non-hydrogen) atoms. The van der Waals surface area contributed by atoms with Crippen molar-refractivity contribution in [3.8, 4) is 0 Å². The predicted molar refractivity (Wildman–Crippen MR) is 45.2 cm³/mol. The van der Waals surface area contributed by atoms with E-state index in [-0.39, 0.29) is 17.3 Å². The molecule has 0 bridgehead atoms. The van der Waals surface area contributed by atoms with Crippen molar-refractivity contribution in [2.45, 2.75) is 6.92 Å². The van der Waals surface area contributed by atoms with Gasteiger partial charge in [0.25, 0.3) is 0 Å². The van der Waals surface area contributed by atoms with Crippen LogP contribution in [0.3, 0.4) is 0 Å². The summed E-state index contributed by atoms with van der Waals surface area (Å²) in [4.78, 5) is 14.5. The van der Waals surface area contributed by atoms with Crippen molar-refractivity contribution in [1.29, 1.82) is 0 Å². The van der Waals surface area contributed by atoms with Gasteiger partial charge in [-0.25, -0.2) is 14.2 Å². The van der Waals surface area contributed by atoms with Crippen LogP contribution in [-0.2, 0) is 4.74 Å². The van der Waals surface area contributed by atoms with Crippen LogP contribution in [0.1, 0.15) is 17.3 Å². The Kier molecular flexibility index (Phi) is 3.19. The van der Waals surface area contributed by atoms with Crippen molar-refractivity contribution in [3.05, 3.63) is 28.8 Å². The van der Waals surface area contributed by atoms with Gasteiger partial charge in [0.1, 0.15) is 5.56 Å². The maximum absolute atomic E-state index is 13.1. The van der Waals surface area contributed by atoms with E-state index in [1.54, 1.807) is 6.92 Å². The van der Waals surface area contributed by atoms with Gasteiger partial charge in [-0.05, 0) is 13.0 Å². The lowest BCUT2D eigenvalue weighted by Gasteiger charge is -2.02. The Morgan fingerprint density at radius 3 is 3.08 bits per heavy atom. The molecule has 3 nitrogen and oxygen atoms in total. The summed E-state index contributed by atoms with van der Waals surface area (Å²) in [6.07, 6.45) is 1.25. The SMILES string of the molecule is CCOC(=O)c1ccnc(Cl)c1F. The van der Waals surface area contributed by atoms with Crippen LogP contribution < -0.4 is 0 Å². The van der Waals surface area contributed by atoms with E-state index in [9.17, 15) is 9.18 Å². The Labute approximate surface area is 79.5 Å². The molecule has 5 heteroatoms. The minimum absolute atomic E-state index is 0.193. The topological polar surface area (TPSA) is 39.2 Å². The lowest BCUT2D eigenvalue weighted by molar-refractivity contribution is 0.0521. The molecule has 0 unspecified atom stereocenters. The van der Waals surface area contributed by atoms with Crippen LogP contribution in [0.25, 0.3) is 0 Å². The minimum Gasteiger partial charge on any atom is -0.462 e. The number of aromatic nitrogens is 1. The lowest BCUT2D eigenvalue weighted by atomic mass is 10.2. The molecule has 70 valence electrons. The largest absolute Gasteiger partial charge is 0.462 e. The average Bonchev–Trinajstić information content (AvgIpc) is 2.10. The standard InChI is InChI=1S/C8H7ClFNO2/c1-2-13-8(12)5-3-4-11-7(9)6(5)10/h3-4H,2H2,1H3. The van der Waals surface area contributed by atoms with Gasteiger partial charge in [-0.2, -0.15) is 0 Å². The van der Waals surface area contributed by atoms with Gasteiger partial charge in [-0.3, -0.25) is 0 Å². The van der Waals surface area contributed by atoms with Crippen molar-refractivity contribution < 1.29 is 13.9 Å². The van der Waals surface area contributed by atoms with Crippen LogP contribution in [0.4, 0.5) is 4.39 Å². The third-order valence-corrected chi connectivity index (χ3v) is 1.61. The highest BCUT2D eigenvalue weighted by atomic mass is 35.5. The van der Waals surface area contributed by atoms with Gasteiger partial charge in [0.05, 0.1) is 6.61 Å². The number of carbonyl (C=O) groups is 1. The molecule has 1 aromatic heterocycles. The zero-order valence-electron chi connectivity index (χ0n) is 6.88. The summed E-state index contributed by atoms with van der Waals surface area (Å²) in [5, 5.41) is -0.328. The third-order valence-electron chi connectivity index (χ3n) is 1.34. The number of halogens is 2. The van der Waals surface area contributed by atoms with E-state index in [1.165, 1.54) is 12.3 Å². The van der Waals surface area contributed by atoms with Gasteiger partial charge < -0.3 is 4.74 Å². The van der Waals surface area contributed by atoms with Crippen molar-refractivity contribution in [2.75, 3.05) is 6.61 Å². The number of esters is 1. The molecule has 0 radical (unpaired) electrons. The maximum atomic E-state index is 13.1. The monoisotopic (exact) mass is 203 g/mol. The van der Waals surface area contributed by atoms with E-state index < -0.39 is 11.8 Å². The van der Waals surface area contributed by atoms with Crippen LogP contribution in [-0.4, -0.2) is 17.6 Å². The summed E-state index contributed by atoms with van der Waals surface area (Å²) in [6, 6.07) is 1.22. The molecular formula is C8H7ClFNO2. The number of hydrogen-bond acceptors (Lipinski definition) is 3. The summed E-state index contributed by atoms with van der Waals surface area (Å²) >= 11 is 5.36. The second kappa shape index (κ2) is 4.18. The first-order valence-corrected chi connectivity index (χ1v) is 4.01. The summed E-state index contributed by atoms with van der Waals surface area (Å²) in [7, 11) is 0. The van der Waals surface area contributed by atoms with Crippen LogP contribution in [0.15, 0.2) is 12.3 Å². The van der Waals surface area contributed by atoms with E-state index in [0.29, 0.717) is 0 Å². The number of hydrogen-bond donors (Lipinski definition) is 0. The van der Waals surface area contributed by atoms with Crippen LogP contribution in [0, 0.1) is 5.82 Å². The highest BCUT2D eigenvalue weighted by molar-refractivity contribution is 6.29. The fourth-order valence-corrected chi connectivity index (χ4v) is 0.943. The third kappa shape index (κ3) is 2.15. The average molecular weight is 204 g/mol. The van der Waals surface area contributed by atoms with Crippen LogP contribution in [0.5, 0.6) is 0 Å². The molecule has 0 aliphatic heterocycles. The minimum atomic E-state index is -0.845. The molecule has 0 saturated heterocycles. The Morgan fingerprint density at radius 2 is 2.46 bits per heavy atom. The van der Waals surface area contributed by atoms with Crippen molar-refractivity contribution >= 4 is 17.6 Å². The van der Waals surface area contributed by atoms with Crippen LogP contribution >= 0.6 is 11.6 Å². The van der Waals surface area contributed by atoms with E-state index in [2.05, 4.69) is 9.72 Å². The number of pyridine rings is 1. The van der Waals surface area contributed by atoms with E-state index in [1.807, 2.05) is 0 Å². The molecule has 0 fully saturated rings. The Balaban J connectivity index is 3.01. The van der Waals surface area contributed by atoms with Crippen molar-refractivity contribution in [1.82, 2.24) is 4.98 Å². The highest BCUT2D eigenvalue weighted by Crippen LogP contribution is 2.15. The molecule has 0 spiro atoms. The van der Waals surface area contributed by atoms with E-state index >= 15 is 0 Å². The zero-order valence-corrected chi connectivity index (χ0v) is 7.64. The molecule has 1 heterocycles. The zero-order chi connectivity index (χ0) is 9.84. The highest BCUT2D eigenvalue weighted by Gasteiger charge is 2.15. The summed E-state index contributed by atoms with van der Waals surface area (Å²) in [6.45, 7) is 1.83. The Bertz CT molecular complexity index is 330. The Hall–Kier alpha value is -1.16. The first kappa shape index (κ1) is 9.92. The second-order valence-corrected chi connectivity index (χ2v) is 2.54. The van der Waals surface area contributed by atoms with Gasteiger partial charge in [0.2, 0.25) is 0 Å². The molecule has 1 aromatic rings. The van der Waals surface area contributed by atoms with Crippen LogP contribution in [0.2, 0.25) is 5.15 Å². The number of ether oxygens (including phenoxy) is 1. The fraction of sp³-hybridized carbons (Fsp3) is 0.250. The molecule has 0 aliphatic rings. The second-order valence-electron chi connectivity index (χ2n) is 2.18. The molecule has 0 amide bonds. The predicted octanol–water partition coefficient (Wildman–Crippen LogP) is 2.05. The number of carbonyl (C=O) groups excluding carboxylic acids is 1. The molecule has 0 aliphatic carbocycles. The number of rotatable bonds is 2. The van der Waals surface area contributed by atoms with Gasteiger partial charge >= 0.3 is 5.97 Å². The molecule has 1 rings (SSSR count). The summed E-state index contributed by atoms with van der Waals surface area (Å²) in [5.74, 6) is -1.58. The van der Waals surface area contributed by atoms with E-state index in [4.69, 9.17) is 11.6 Å². The van der Waals surface area contributed by atoms with Crippen molar-refractivity contribution in [2.24, 2.45) is 0 Å². The first-order valence-electron chi connectivity index (χ1n) is 3.64. The van der Waals surface area contributed by atoms with Gasteiger partial charge in [0, 0.05) is 6.20 Å². The molecule has 0 saturated carbocycles. The normalized spacial score (nSPS) is 9.77. The van der Waals surface area contributed by atoms with Gasteiger partial charge in [0.15, 0.2) is 11.0 Å². The summed E-state index contributed by atoms with van der Waals surface area (Å²) < 4.78 is 17.7. The molecule has 0 aromatic carbocycles. The summed E-state index contributed by atoms with van der Waals surface area (Å²) in [5.41, 5.74) is -0.193.